The quantitative estimate of drug-likeness (QED) is 0.667. The first kappa shape index (κ1) is 17.4. The van der Waals surface area contributed by atoms with Gasteiger partial charge in [-0.25, -0.2) is 18.1 Å². The summed E-state index contributed by atoms with van der Waals surface area (Å²) < 4.78 is 28.0. The number of carbonyl (C=O) groups is 1. The van der Waals surface area contributed by atoms with Crippen LogP contribution in [-0.2, 0) is 28.3 Å². The van der Waals surface area contributed by atoms with E-state index in [0.29, 0.717) is 5.69 Å². The van der Waals surface area contributed by atoms with Crippen LogP contribution in [0.5, 0.6) is 0 Å². The minimum Gasteiger partial charge on any atom is -0.399 e. The summed E-state index contributed by atoms with van der Waals surface area (Å²) in [5, 5.41) is 2.78. The predicted molar refractivity (Wildman–Crippen MR) is 93.1 cm³/mol. The van der Waals surface area contributed by atoms with Crippen LogP contribution in [0.15, 0.2) is 35.7 Å². The number of imidazole rings is 1. The standard InChI is InChI=1S/C16H21N5O3S/c1-21-9-16(18-10-21)25(23,24)19-8-15(22)20-14-4-2-3-11-7-12(17)5-6-13(11)14/h5-7,9-10,14,19H,2-4,8,17H2,1H3,(H,20,22). The molecule has 1 aliphatic carbocycles. The van der Waals surface area contributed by atoms with Crippen LogP contribution in [0.4, 0.5) is 5.69 Å². The summed E-state index contributed by atoms with van der Waals surface area (Å²) in [4.78, 5) is 16.0. The Morgan fingerprint density at radius 3 is 2.96 bits per heavy atom. The molecule has 25 heavy (non-hydrogen) atoms. The Morgan fingerprint density at radius 1 is 1.44 bits per heavy atom. The van der Waals surface area contributed by atoms with Gasteiger partial charge < -0.3 is 15.6 Å². The number of aromatic nitrogens is 2. The van der Waals surface area contributed by atoms with Crippen molar-refractivity contribution in [3.8, 4) is 0 Å². The van der Waals surface area contributed by atoms with Crippen molar-refractivity contribution >= 4 is 21.6 Å². The number of aryl methyl sites for hydroxylation is 2. The lowest BCUT2D eigenvalue weighted by molar-refractivity contribution is -0.120. The molecule has 1 heterocycles. The molecule has 8 nitrogen and oxygen atoms in total. The highest BCUT2D eigenvalue weighted by atomic mass is 32.2. The second-order valence-corrected chi connectivity index (χ2v) is 7.89. The van der Waals surface area contributed by atoms with Gasteiger partial charge in [-0.3, -0.25) is 4.79 Å². The minimum atomic E-state index is -3.80. The first-order valence-electron chi connectivity index (χ1n) is 8.00. The molecule has 0 bridgehead atoms. The molecular formula is C16H21N5O3S. The summed E-state index contributed by atoms with van der Waals surface area (Å²) in [7, 11) is -2.13. The van der Waals surface area contributed by atoms with Crippen molar-refractivity contribution in [2.24, 2.45) is 7.05 Å². The van der Waals surface area contributed by atoms with Gasteiger partial charge in [-0.1, -0.05) is 6.07 Å². The topological polar surface area (TPSA) is 119 Å². The van der Waals surface area contributed by atoms with Crippen LogP contribution in [-0.4, -0.2) is 30.4 Å². The number of carbonyl (C=O) groups excluding carboxylic acids is 1. The number of sulfonamides is 1. The largest absolute Gasteiger partial charge is 0.399 e. The van der Waals surface area contributed by atoms with Crippen LogP contribution >= 0.6 is 0 Å². The number of nitrogens with two attached hydrogens (primary N) is 1. The molecule has 0 aliphatic heterocycles. The molecule has 3 rings (SSSR count). The number of nitrogens with one attached hydrogen (secondary N) is 2. The number of nitrogens with zero attached hydrogens (tertiary/aromatic N) is 2. The van der Waals surface area contributed by atoms with Crippen LogP contribution in [0, 0.1) is 0 Å². The van der Waals surface area contributed by atoms with Crippen LogP contribution in [0.25, 0.3) is 0 Å². The van der Waals surface area contributed by atoms with Crippen molar-refractivity contribution in [2.45, 2.75) is 30.3 Å². The van der Waals surface area contributed by atoms with E-state index in [1.54, 1.807) is 7.05 Å². The maximum atomic E-state index is 12.2. The molecule has 0 saturated carbocycles. The van der Waals surface area contributed by atoms with Crippen LogP contribution < -0.4 is 15.8 Å². The molecule has 1 aliphatic rings. The second kappa shape index (κ2) is 6.85. The lowest BCUT2D eigenvalue weighted by Gasteiger charge is -2.26. The van der Waals surface area contributed by atoms with Gasteiger partial charge in [-0.15, -0.1) is 0 Å². The summed E-state index contributed by atoms with van der Waals surface area (Å²) >= 11 is 0. The van der Waals surface area contributed by atoms with Crippen molar-refractivity contribution in [3.63, 3.8) is 0 Å². The van der Waals surface area contributed by atoms with Crippen LogP contribution in [0.3, 0.4) is 0 Å². The number of nitrogen functional groups attached to an aromatic ring is 1. The Kier molecular flexibility index (Phi) is 4.78. The van der Waals surface area contributed by atoms with E-state index < -0.39 is 10.0 Å². The Hall–Kier alpha value is -2.39. The van der Waals surface area contributed by atoms with Gasteiger partial charge in [0.2, 0.25) is 5.91 Å². The van der Waals surface area contributed by atoms with Crippen molar-refractivity contribution < 1.29 is 13.2 Å². The van der Waals surface area contributed by atoms with E-state index in [2.05, 4.69) is 15.0 Å². The Morgan fingerprint density at radius 2 is 2.24 bits per heavy atom. The molecule has 1 unspecified atom stereocenters. The first-order valence-corrected chi connectivity index (χ1v) is 9.49. The number of benzene rings is 1. The van der Waals surface area contributed by atoms with E-state index in [-0.39, 0.29) is 23.5 Å². The van der Waals surface area contributed by atoms with Crippen LogP contribution in [0.2, 0.25) is 0 Å². The Bertz CT molecular complexity index is 891. The molecular weight excluding hydrogens is 342 g/mol. The smallest absolute Gasteiger partial charge is 0.260 e. The molecule has 1 aromatic carbocycles. The number of amides is 1. The zero-order chi connectivity index (χ0) is 18.0. The maximum Gasteiger partial charge on any atom is 0.260 e. The van der Waals surface area contributed by atoms with Crippen molar-refractivity contribution in [2.75, 3.05) is 12.3 Å². The normalized spacial score (nSPS) is 17.1. The Balaban J connectivity index is 1.62. The van der Waals surface area contributed by atoms with Crippen molar-refractivity contribution in [1.29, 1.82) is 0 Å². The summed E-state index contributed by atoms with van der Waals surface area (Å²) in [5.74, 6) is -0.380. The van der Waals surface area contributed by atoms with Crippen molar-refractivity contribution in [1.82, 2.24) is 19.6 Å². The van der Waals surface area contributed by atoms with Gasteiger partial charge in [0.1, 0.15) is 0 Å². The number of rotatable bonds is 5. The third kappa shape index (κ3) is 3.99. The monoisotopic (exact) mass is 363 g/mol. The van der Waals surface area contributed by atoms with E-state index in [0.717, 1.165) is 30.4 Å². The highest BCUT2D eigenvalue weighted by Crippen LogP contribution is 2.30. The molecule has 4 N–H and O–H groups in total. The summed E-state index contributed by atoms with van der Waals surface area (Å²) in [6, 6.07) is 5.54. The van der Waals surface area contributed by atoms with Gasteiger partial charge in [0.05, 0.1) is 18.9 Å². The van der Waals surface area contributed by atoms with Crippen molar-refractivity contribution in [3.05, 3.63) is 41.9 Å². The molecule has 9 heteroatoms. The summed E-state index contributed by atoms with van der Waals surface area (Å²) in [5.41, 5.74) is 8.69. The van der Waals surface area contributed by atoms with E-state index >= 15 is 0 Å². The molecule has 0 fully saturated rings. The zero-order valence-electron chi connectivity index (χ0n) is 13.9. The number of fused-ring (bicyclic) bond motifs is 1. The molecule has 2 aromatic rings. The molecule has 134 valence electrons. The van der Waals surface area contributed by atoms with E-state index in [1.807, 2.05) is 18.2 Å². The fourth-order valence-electron chi connectivity index (χ4n) is 2.99. The maximum absolute atomic E-state index is 12.2. The SMILES string of the molecule is Cn1cnc(S(=O)(=O)NCC(=O)NC2CCCc3cc(N)ccc32)c1. The summed E-state index contributed by atoms with van der Waals surface area (Å²) in [6.07, 6.45) is 5.46. The Labute approximate surface area is 146 Å². The lowest BCUT2D eigenvalue weighted by atomic mass is 9.87. The zero-order valence-corrected chi connectivity index (χ0v) is 14.7. The lowest BCUT2D eigenvalue weighted by Crippen LogP contribution is -2.39. The number of hydrogen-bond donors (Lipinski definition) is 3. The molecule has 1 aromatic heterocycles. The molecule has 1 atom stereocenters. The second-order valence-electron chi connectivity index (χ2n) is 6.17. The predicted octanol–water partition coefficient (Wildman–Crippen LogP) is 0.474. The number of anilines is 1. The fraction of sp³-hybridized carbons (Fsp3) is 0.375. The molecule has 1 amide bonds. The summed E-state index contributed by atoms with van der Waals surface area (Å²) in [6.45, 7) is -0.334. The average Bonchev–Trinajstić information content (AvgIpc) is 3.00. The van der Waals surface area contributed by atoms with Gasteiger partial charge in [0.15, 0.2) is 5.03 Å². The average molecular weight is 363 g/mol. The highest BCUT2D eigenvalue weighted by molar-refractivity contribution is 7.89. The van der Waals surface area contributed by atoms with Gasteiger partial charge in [0, 0.05) is 18.9 Å². The third-order valence-electron chi connectivity index (χ3n) is 4.20. The van der Waals surface area contributed by atoms with Crippen LogP contribution in [0.1, 0.15) is 30.0 Å². The molecule has 0 spiro atoms. The third-order valence-corrected chi connectivity index (χ3v) is 5.48. The molecule has 0 saturated heterocycles. The van der Waals surface area contributed by atoms with E-state index in [4.69, 9.17) is 5.73 Å². The van der Waals surface area contributed by atoms with Gasteiger partial charge in [-0.05, 0) is 42.5 Å². The fourth-order valence-corrected chi connectivity index (χ4v) is 3.95. The minimum absolute atomic E-state index is 0.110. The van der Waals surface area contributed by atoms with Gasteiger partial charge >= 0.3 is 0 Å². The highest BCUT2D eigenvalue weighted by Gasteiger charge is 2.23. The van der Waals surface area contributed by atoms with Gasteiger partial charge in [0.25, 0.3) is 10.0 Å². The van der Waals surface area contributed by atoms with Gasteiger partial charge in [-0.2, -0.15) is 0 Å². The molecule has 0 radical (unpaired) electrons. The van der Waals surface area contributed by atoms with E-state index in [1.165, 1.54) is 17.1 Å². The first-order chi connectivity index (χ1) is 11.8. The number of hydrogen-bond acceptors (Lipinski definition) is 5. The van der Waals surface area contributed by atoms with E-state index in [9.17, 15) is 13.2 Å².